The molecule has 0 saturated heterocycles. The number of carboxylic acid groups (broad SMARTS) is 1. The SMILES string of the molecule is CC/C=C\C/C=C\C/C=C\C/C=C\C/C=C\C/C=C\C/C=C\C/C=C\C/C=C\CCCCCCCCCCCC(=O)OC(COC(=O)CCCCCCCCCCCCCCCCCCC/C=C\C/C=C\C/C=C\C/C=C\C/C=C\CC)COC(OCC[N+](C)(C)C)C(=O)[O-]. The Kier molecular flexibility index (Phi) is 70.2. The van der Waals surface area contributed by atoms with Crippen molar-refractivity contribution in [3.63, 3.8) is 0 Å². The first kappa shape index (κ1) is 89.6. The van der Waals surface area contributed by atoms with Gasteiger partial charge in [0.05, 0.1) is 40.3 Å². The quantitative estimate of drug-likeness (QED) is 0.0195. The zero-order valence-electron chi connectivity index (χ0n) is 61.5. The molecular weight excluding hydrogens is 1170 g/mol. The minimum atomic E-state index is -1.63. The summed E-state index contributed by atoms with van der Waals surface area (Å²) in [4.78, 5) is 37.6. The van der Waals surface area contributed by atoms with Crippen molar-refractivity contribution < 1.29 is 42.9 Å². The Morgan fingerprint density at radius 3 is 0.842 bits per heavy atom. The Morgan fingerprint density at radius 2 is 0.568 bits per heavy atom. The van der Waals surface area contributed by atoms with Crippen LogP contribution in [0.1, 0.15) is 296 Å². The lowest BCUT2D eigenvalue weighted by molar-refractivity contribution is -0.870. The van der Waals surface area contributed by atoms with Crippen LogP contribution in [0.4, 0.5) is 0 Å². The van der Waals surface area contributed by atoms with Gasteiger partial charge in [0.15, 0.2) is 12.4 Å². The minimum absolute atomic E-state index is 0.139. The molecule has 0 amide bonds. The van der Waals surface area contributed by atoms with Gasteiger partial charge in [0.25, 0.3) is 0 Å². The van der Waals surface area contributed by atoms with Gasteiger partial charge in [-0.05, 0) is 128 Å². The maximum absolute atomic E-state index is 13.0. The molecule has 0 saturated carbocycles. The average Bonchev–Trinajstić information content (AvgIpc) is 3.75. The molecular formula is C86H141NO8. The van der Waals surface area contributed by atoms with Crippen molar-refractivity contribution in [2.24, 2.45) is 0 Å². The number of carbonyl (C=O) groups excluding carboxylic acids is 3. The van der Waals surface area contributed by atoms with Crippen molar-refractivity contribution >= 4 is 17.9 Å². The first-order chi connectivity index (χ1) is 46.6. The number of carbonyl (C=O) groups is 3. The molecule has 0 bridgehead atoms. The van der Waals surface area contributed by atoms with Crippen LogP contribution in [-0.4, -0.2) is 82.3 Å². The lowest BCUT2D eigenvalue weighted by Gasteiger charge is -2.26. The van der Waals surface area contributed by atoms with E-state index in [0.29, 0.717) is 17.4 Å². The van der Waals surface area contributed by atoms with E-state index in [1.807, 2.05) is 21.1 Å². The fourth-order valence-corrected chi connectivity index (χ4v) is 10.2. The van der Waals surface area contributed by atoms with Crippen molar-refractivity contribution in [1.29, 1.82) is 0 Å². The highest BCUT2D eigenvalue weighted by Gasteiger charge is 2.22. The van der Waals surface area contributed by atoms with E-state index in [-0.39, 0.29) is 38.6 Å². The van der Waals surface area contributed by atoms with Crippen molar-refractivity contribution in [2.75, 3.05) is 47.5 Å². The van der Waals surface area contributed by atoms with Gasteiger partial charge in [0.1, 0.15) is 13.2 Å². The summed E-state index contributed by atoms with van der Waals surface area (Å²) in [6, 6.07) is 0. The number of hydrogen-bond donors (Lipinski definition) is 0. The number of quaternary nitrogens is 1. The Labute approximate surface area is 584 Å². The van der Waals surface area contributed by atoms with Gasteiger partial charge < -0.3 is 33.3 Å². The maximum Gasteiger partial charge on any atom is 0.306 e. The summed E-state index contributed by atoms with van der Waals surface area (Å²) in [5.41, 5.74) is 0. The van der Waals surface area contributed by atoms with E-state index in [2.05, 4.69) is 184 Å². The smallest absolute Gasteiger partial charge is 0.306 e. The first-order valence-electron chi connectivity index (χ1n) is 38.3. The second-order valence-corrected chi connectivity index (χ2v) is 26.2. The molecule has 9 heteroatoms. The van der Waals surface area contributed by atoms with E-state index in [4.69, 9.17) is 18.9 Å². The summed E-state index contributed by atoms with van der Waals surface area (Å²) < 4.78 is 22.8. The van der Waals surface area contributed by atoms with E-state index in [9.17, 15) is 19.5 Å². The van der Waals surface area contributed by atoms with Gasteiger partial charge in [0, 0.05) is 12.8 Å². The monoisotopic (exact) mass is 1320 g/mol. The molecule has 95 heavy (non-hydrogen) atoms. The van der Waals surface area contributed by atoms with Crippen LogP contribution < -0.4 is 5.11 Å². The molecule has 2 unspecified atom stereocenters. The zero-order valence-corrected chi connectivity index (χ0v) is 61.5. The first-order valence-corrected chi connectivity index (χ1v) is 38.3. The molecule has 0 aromatic heterocycles. The average molecular weight is 1320 g/mol. The molecule has 0 aliphatic heterocycles. The molecule has 0 rings (SSSR count). The van der Waals surface area contributed by atoms with E-state index < -0.39 is 24.3 Å². The van der Waals surface area contributed by atoms with Gasteiger partial charge in [-0.3, -0.25) is 9.59 Å². The van der Waals surface area contributed by atoms with Crippen LogP contribution in [0.15, 0.2) is 170 Å². The fourth-order valence-electron chi connectivity index (χ4n) is 10.2. The van der Waals surface area contributed by atoms with Crippen molar-refractivity contribution in [3.05, 3.63) is 170 Å². The van der Waals surface area contributed by atoms with E-state index in [0.717, 1.165) is 135 Å². The third-order valence-electron chi connectivity index (χ3n) is 16.0. The van der Waals surface area contributed by atoms with Crippen LogP contribution in [0, 0.1) is 0 Å². The van der Waals surface area contributed by atoms with Crippen LogP contribution in [-0.2, 0) is 33.3 Å². The summed E-state index contributed by atoms with van der Waals surface area (Å²) in [5, 5.41) is 11.9. The number of likely N-dealkylation sites (N-methyl/N-ethyl adjacent to an activating group) is 1. The summed E-state index contributed by atoms with van der Waals surface area (Å²) in [6.45, 7) is 4.52. The maximum atomic E-state index is 13.0. The highest BCUT2D eigenvalue weighted by Crippen LogP contribution is 2.17. The fraction of sp³-hybridized carbons (Fsp3) is 0.640. The number of aliphatic carboxylic acids is 1. The summed E-state index contributed by atoms with van der Waals surface area (Å²) in [7, 11) is 5.93. The molecule has 2 atom stereocenters. The van der Waals surface area contributed by atoms with Crippen molar-refractivity contribution in [2.45, 2.75) is 309 Å². The number of esters is 2. The molecule has 0 aliphatic carbocycles. The van der Waals surface area contributed by atoms with E-state index in [1.165, 1.54) is 128 Å². The second-order valence-electron chi connectivity index (χ2n) is 26.2. The third-order valence-corrected chi connectivity index (χ3v) is 16.0. The lowest BCUT2D eigenvalue weighted by atomic mass is 10.0. The number of unbranched alkanes of at least 4 members (excludes halogenated alkanes) is 26. The van der Waals surface area contributed by atoms with Gasteiger partial charge in [-0.25, -0.2) is 0 Å². The molecule has 0 N–H and O–H groups in total. The van der Waals surface area contributed by atoms with Crippen LogP contribution in [0.25, 0.3) is 0 Å². The van der Waals surface area contributed by atoms with Crippen LogP contribution in [0.5, 0.6) is 0 Å². The van der Waals surface area contributed by atoms with Gasteiger partial charge in [0.2, 0.25) is 0 Å². The van der Waals surface area contributed by atoms with Gasteiger partial charge >= 0.3 is 11.9 Å². The molecule has 538 valence electrons. The van der Waals surface area contributed by atoms with E-state index in [1.54, 1.807) is 0 Å². The molecule has 0 aliphatic rings. The number of hydrogen-bond acceptors (Lipinski definition) is 8. The normalized spacial score (nSPS) is 13.7. The summed E-state index contributed by atoms with van der Waals surface area (Å²) in [6.07, 6.45) is 109. The summed E-state index contributed by atoms with van der Waals surface area (Å²) >= 11 is 0. The molecule has 9 nitrogen and oxygen atoms in total. The molecule has 0 radical (unpaired) electrons. The zero-order chi connectivity index (χ0) is 69.0. The molecule has 0 heterocycles. The number of nitrogens with zero attached hydrogens (tertiary/aromatic N) is 1. The topological polar surface area (TPSA) is 111 Å². The number of carboxylic acids is 1. The Hall–Kier alpha value is -5.35. The largest absolute Gasteiger partial charge is 0.545 e. The molecule has 0 spiro atoms. The second kappa shape index (κ2) is 74.4. The number of rotatable bonds is 69. The Bertz CT molecular complexity index is 2170. The lowest BCUT2D eigenvalue weighted by Crippen LogP contribution is -2.44. The third kappa shape index (κ3) is 75.9. The van der Waals surface area contributed by atoms with Crippen LogP contribution in [0.3, 0.4) is 0 Å². The van der Waals surface area contributed by atoms with Gasteiger partial charge in [-0.15, -0.1) is 0 Å². The van der Waals surface area contributed by atoms with Gasteiger partial charge in [-0.2, -0.15) is 0 Å². The van der Waals surface area contributed by atoms with Gasteiger partial charge in [-0.1, -0.05) is 325 Å². The standard InChI is InChI=1S/C86H141NO8/c1-6-8-10-12-14-16-18-20-22-24-26-28-30-32-34-36-38-40-41-42-43-45-47-49-51-53-55-57-59-61-63-65-67-69-71-73-75-77-84(89)95-82(81-94-86(85(90)91)92-79-78-87(3,4)5)80-93-83(88)76-74-72-70-68-66-64-62-60-58-56-54-52-50-48-46-44-39-37-35-33-31-29-27-25-23-21-19-17-15-13-11-9-7-2/h8-11,14-17,20-23,26-29,32-35,38,40,42-43,47,49,53,55,82,86H,6-7,12-13,18-19,24-25,30-31,36-37,39,41,44-46,48,50-52,54,56-81H2,1-5H3/b10-8-,11-9-,16-14-,17-15-,22-20-,23-21-,28-26-,29-27-,34-32-,35-33-,40-38-,43-42-,49-47-,55-53-. The van der Waals surface area contributed by atoms with Crippen LogP contribution in [0.2, 0.25) is 0 Å². The summed E-state index contributed by atoms with van der Waals surface area (Å²) in [5.74, 6) is -2.30. The van der Waals surface area contributed by atoms with Crippen molar-refractivity contribution in [1.82, 2.24) is 0 Å². The Morgan fingerprint density at radius 1 is 0.316 bits per heavy atom. The minimum Gasteiger partial charge on any atom is -0.545 e. The predicted octanol–water partition coefficient (Wildman–Crippen LogP) is 23.2. The number of allylic oxidation sites excluding steroid dienone is 28. The number of ether oxygens (including phenoxy) is 4. The highest BCUT2D eigenvalue weighted by atomic mass is 16.7. The molecule has 0 aromatic rings. The predicted molar refractivity (Wildman–Crippen MR) is 407 cm³/mol. The molecule has 0 aromatic carbocycles. The van der Waals surface area contributed by atoms with E-state index >= 15 is 0 Å². The van der Waals surface area contributed by atoms with Crippen molar-refractivity contribution in [3.8, 4) is 0 Å². The highest BCUT2D eigenvalue weighted by molar-refractivity contribution is 5.70. The Balaban J connectivity index is 4.13. The molecule has 0 fully saturated rings. The van der Waals surface area contributed by atoms with Crippen LogP contribution >= 0.6 is 0 Å².